The lowest BCUT2D eigenvalue weighted by Crippen LogP contribution is -2.23. The van der Waals surface area contributed by atoms with E-state index in [-0.39, 0.29) is 6.61 Å². The fourth-order valence-corrected chi connectivity index (χ4v) is 2.37. The van der Waals surface area contributed by atoms with Gasteiger partial charge in [-0.15, -0.1) is 0 Å². The molecule has 2 rings (SSSR count). The van der Waals surface area contributed by atoms with Gasteiger partial charge in [0.15, 0.2) is 0 Å². The van der Waals surface area contributed by atoms with E-state index in [9.17, 15) is 0 Å². The van der Waals surface area contributed by atoms with Crippen LogP contribution in [0.1, 0.15) is 37.9 Å². The number of aryl methyl sites for hydroxylation is 1. The van der Waals surface area contributed by atoms with E-state index in [0.717, 1.165) is 17.5 Å². The van der Waals surface area contributed by atoms with Gasteiger partial charge in [-0.3, -0.25) is 0 Å². The summed E-state index contributed by atoms with van der Waals surface area (Å²) in [5.74, 6) is 2.40. The summed E-state index contributed by atoms with van der Waals surface area (Å²) in [5.41, 5.74) is 0. The standard InChI is InChI=1S/C13H22N4O/c1-10-15-12(14-7-8-18)9-13(16-10)17-11-5-3-2-4-6-11/h9,11,18H,2-8H2,1H3,(H2,14,15,16,17). The summed E-state index contributed by atoms with van der Waals surface area (Å²) < 4.78 is 0. The predicted octanol–water partition coefficient (Wildman–Crippen LogP) is 1.93. The van der Waals surface area contributed by atoms with Crippen LogP contribution in [0.2, 0.25) is 0 Å². The van der Waals surface area contributed by atoms with Crippen LogP contribution < -0.4 is 10.6 Å². The Labute approximate surface area is 108 Å². The first kappa shape index (κ1) is 13.1. The van der Waals surface area contributed by atoms with Crippen LogP contribution in [0.4, 0.5) is 11.6 Å². The number of aliphatic hydroxyl groups is 1. The average molecular weight is 250 g/mol. The van der Waals surface area contributed by atoms with Crippen LogP contribution in [-0.2, 0) is 0 Å². The first-order valence-electron chi connectivity index (χ1n) is 6.75. The SMILES string of the molecule is Cc1nc(NCCO)cc(NC2CCCCC2)n1. The number of hydrogen-bond donors (Lipinski definition) is 3. The van der Waals surface area contributed by atoms with Gasteiger partial charge in [0.1, 0.15) is 17.5 Å². The lowest BCUT2D eigenvalue weighted by atomic mass is 9.95. The van der Waals surface area contributed by atoms with E-state index in [1.54, 1.807) is 0 Å². The monoisotopic (exact) mass is 250 g/mol. The van der Waals surface area contributed by atoms with Crippen molar-refractivity contribution in [1.29, 1.82) is 0 Å². The van der Waals surface area contributed by atoms with Crippen LogP contribution >= 0.6 is 0 Å². The Morgan fingerprint density at radius 3 is 2.67 bits per heavy atom. The van der Waals surface area contributed by atoms with Gasteiger partial charge >= 0.3 is 0 Å². The molecule has 1 fully saturated rings. The van der Waals surface area contributed by atoms with Gasteiger partial charge in [0.2, 0.25) is 0 Å². The van der Waals surface area contributed by atoms with Crippen LogP contribution in [0.25, 0.3) is 0 Å². The topological polar surface area (TPSA) is 70.1 Å². The van der Waals surface area contributed by atoms with Crippen LogP contribution in [0, 0.1) is 6.92 Å². The van der Waals surface area contributed by atoms with Crippen LogP contribution in [0.3, 0.4) is 0 Å². The van der Waals surface area contributed by atoms with Crippen molar-refractivity contribution in [2.24, 2.45) is 0 Å². The minimum atomic E-state index is 0.106. The molecule has 0 spiro atoms. The Kier molecular flexibility index (Phi) is 4.75. The van der Waals surface area contributed by atoms with Crippen molar-refractivity contribution in [2.45, 2.75) is 45.1 Å². The zero-order chi connectivity index (χ0) is 12.8. The number of nitrogens with one attached hydrogen (secondary N) is 2. The van der Waals surface area contributed by atoms with Crippen LogP contribution in [-0.4, -0.2) is 34.3 Å². The van der Waals surface area contributed by atoms with E-state index in [1.165, 1.54) is 32.1 Å². The molecular weight excluding hydrogens is 228 g/mol. The zero-order valence-corrected chi connectivity index (χ0v) is 10.9. The van der Waals surface area contributed by atoms with Gasteiger partial charge in [-0.2, -0.15) is 0 Å². The van der Waals surface area contributed by atoms with Crippen molar-refractivity contribution in [1.82, 2.24) is 9.97 Å². The normalized spacial score (nSPS) is 16.6. The van der Waals surface area contributed by atoms with Crippen molar-refractivity contribution in [3.8, 4) is 0 Å². The first-order valence-corrected chi connectivity index (χ1v) is 6.75. The van der Waals surface area contributed by atoms with E-state index < -0.39 is 0 Å². The molecule has 1 aromatic heterocycles. The highest BCUT2D eigenvalue weighted by Gasteiger charge is 2.14. The van der Waals surface area contributed by atoms with Crippen LogP contribution in [0.15, 0.2) is 6.07 Å². The van der Waals surface area contributed by atoms with Gasteiger partial charge in [0.25, 0.3) is 0 Å². The minimum absolute atomic E-state index is 0.106. The maximum Gasteiger partial charge on any atom is 0.132 e. The Bertz CT molecular complexity index is 377. The molecule has 3 N–H and O–H groups in total. The Morgan fingerprint density at radius 2 is 1.94 bits per heavy atom. The highest BCUT2D eigenvalue weighted by atomic mass is 16.3. The third kappa shape index (κ3) is 3.84. The van der Waals surface area contributed by atoms with Crippen molar-refractivity contribution in [3.05, 3.63) is 11.9 Å². The molecule has 5 heteroatoms. The fourth-order valence-electron chi connectivity index (χ4n) is 2.37. The van der Waals surface area contributed by atoms with E-state index in [0.29, 0.717) is 12.6 Å². The fraction of sp³-hybridized carbons (Fsp3) is 0.692. The molecule has 1 aromatic rings. The molecule has 1 aliphatic carbocycles. The van der Waals surface area contributed by atoms with Crippen molar-refractivity contribution < 1.29 is 5.11 Å². The summed E-state index contributed by atoms with van der Waals surface area (Å²) in [6.45, 7) is 2.50. The number of nitrogens with zero attached hydrogens (tertiary/aromatic N) is 2. The molecule has 0 saturated heterocycles. The highest BCUT2D eigenvalue weighted by Crippen LogP contribution is 2.21. The second-order valence-corrected chi connectivity index (χ2v) is 4.82. The van der Waals surface area contributed by atoms with E-state index in [1.807, 2.05) is 13.0 Å². The van der Waals surface area contributed by atoms with Gasteiger partial charge in [-0.05, 0) is 19.8 Å². The molecule has 0 bridgehead atoms. The molecule has 0 amide bonds. The van der Waals surface area contributed by atoms with Crippen LogP contribution in [0.5, 0.6) is 0 Å². The van der Waals surface area contributed by atoms with E-state index in [2.05, 4.69) is 20.6 Å². The van der Waals surface area contributed by atoms with Crippen molar-refractivity contribution >= 4 is 11.6 Å². The molecular formula is C13H22N4O. The first-order chi connectivity index (χ1) is 8.78. The minimum Gasteiger partial charge on any atom is -0.395 e. The molecule has 18 heavy (non-hydrogen) atoms. The number of aromatic nitrogens is 2. The molecule has 1 saturated carbocycles. The van der Waals surface area contributed by atoms with Crippen molar-refractivity contribution in [2.75, 3.05) is 23.8 Å². The largest absolute Gasteiger partial charge is 0.395 e. The lowest BCUT2D eigenvalue weighted by molar-refractivity contribution is 0.311. The summed E-state index contributed by atoms with van der Waals surface area (Å²) in [6, 6.07) is 2.45. The maximum atomic E-state index is 8.81. The number of anilines is 2. The summed E-state index contributed by atoms with van der Waals surface area (Å²) in [7, 11) is 0. The maximum absolute atomic E-state index is 8.81. The second-order valence-electron chi connectivity index (χ2n) is 4.82. The van der Waals surface area contributed by atoms with Gasteiger partial charge in [0.05, 0.1) is 6.61 Å². The lowest BCUT2D eigenvalue weighted by Gasteiger charge is -2.23. The Morgan fingerprint density at radius 1 is 1.22 bits per heavy atom. The molecule has 0 aromatic carbocycles. The van der Waals surface area contributed by atoms with Crippen molar-refractivity contribution in [3.63, 3.8) is 0 Å². The summed E-state index contributed by atoms with van der Waals surface area (Å²) in [4.78, 5) is 8.70. The predicted molar refractivity (Wildman–Crippen MR) is 72.8 cm³/mol. The highest BCUT2D eigenvalue weighted by molar-refractivity contribution is 5.48. The molecule has 1 heterocycles. The van der Waals surface area contributed by atoms with Gasteiger partial charge in [-0.25, -0.2) is 9.97 Å². The third-order valence-electron chi connectivity index (χ3n) is 3.21. The Balaban J connectivity index is 1.99. The second kappa shape index (κ2) is 6.54. The molecule has 0 atom stereocenters. The average Bonchev–Trinajstić information content (AvgIpc) is 2.37. The molecule has 100 valence electrons. The summed E-state index contributed by atoms with van der Waals surface area (Å²) in [6.07, 6.45) is 6.41. The summed E-state index contributed by atoms with van der Waals surface area (Å²) >= 11 is 0. The number of rotatable bonds is 5. The Hall–Kier alpha value is -1.36. The van der Waals surface area contributed by atoms with E-state index >= 15 is 0 Å². The molecule has 0 aliphatic heterocycles. The summed E-state index contributed by atoms with van der Waals surface area (Å²) in [5, 5.41) is 15.4. The zero-order valence-electron chi connectivity index (χ0n) is 10.9. The third-order valence-corrected chi connectivity index (χ3v) is 3.21. The quantitative estimate of drug-likeness (QED) is 0.745. The smallest absolute Gasteiger partial charge is 0.132 e. The number of hydrogen-bond acceptors (Lipinski definition) is 5. The number of aliphatic hydroxyl groups excluding tert-OH is 1. The van der Waals surface area contributed by atoms with E-state index in [4.69, 9.17) is 5.11 Å². The molecule has 0 radical (unpaired) electrons. The molecule has 1 aliphatic rings. The van der Waals surface area contributed by atoms with Gasteiger partial charge in [-0.1, -0.05) is 19.3 Å². The van der Waals surface area contributed by atoms with Gasteiger partial charge < -0.3 is 15.7 Å². The molecule has 5 nitrogen and oxygen atoms in total. The van der Waals surface area contributed by atoms with Gasteiger partial charge in [0, 0.05) is 18.7 Å². The molecule has 0 unspecified atom stereocenters.